The van der Waals surface area contributed by atoms with E-state index in [0.29, 0.717) is 6.54 Å². The van der Waals surface area contributed by atoms with Gasteiger partial charge in [-0.05, 0) is 38.8 Å². The van der Waals surface area contributed by atoms with E-state index in [1.165, 1.54) is 0 Å². The zero-order valence-corrected chi connectivity index (χ0v) is 13.5. The second-order valence-corrected chi connectivity index (χ2v) is 6.03. The van der Waals surface area contributed by atoms with Crippen molar-refractivity contribution in [3.63, 3.8) is 0 Å². The molecule has 6 heteroatoms. The van der Waals surface area contributed by atoms with Gasteiger partial charge in [0, 0.05) is 25.5 Å². The van der Waals surface area contributed by atoms with Crippen LogP contribution in [0.4, 0.5) is 5.82 Å². The predicted octanol–water partition coefficient (Wildman–Crippen LogP) is 2.47. The fourth-order valence-corrected chi connectivity index (χ4v) is 2.94. The fourth-order valence-electron chi connectivity index (χ4n) is 2.94. The predicted molar refractivity (Wildman–Crippen MR) is 87.0 cm³/mol. The molecular formula is C17H22N4O2. The largest absolute Gasteiger partial charge is 0.464 e. The molecular weight excluding hydrogens is 292 g/mol. The molecule has 0 spiro atoms. The molecule has 1 amide bonds. The third-order valence-electron chi connectivity index (χ3n) is 4.21. The molecule has 0 aromatic carbocycles. The van der Waals surface area contributed by atoms with Crippen LogP contribution in [0.25, 0.3) is 0 Å². The Bertz CT molecular complexity index is 656. The Morgan fingerprint density at radius 3 is 3.00 bits per heavy atom. The summed E-state index contributed by atoms with van der Waals surface area (Å²) in [5.41, 5.74) is 0. The number of aromatic nitrogens is 2. The van der Waals surface area contributed by atoms with E-state index in [-0.39, 0.29) is 17.9 Å². The summed E-state index contributed by atoms with van der Waals surface area (Å²) in [6, 6.07) is 3.70. The van der Waals surface area contributed by atoms with Crippen molar-refractivity contribution in [2.75, 3.05) is 18.0 Å². The van der Waals surface area contributed by atoms with Crippen LogP contribution < -0.4 is 10.2 Å². The number of hydrogen-bond acceptors (Lipinski definition) is 5. The van der Waals surface area contributed by atoms with Crippen LogP contribution in [-0.4, -0.2) is 29.0 Å². The van der Waals surface area contributed by atoms with Crippen LogP contribution >= 0.6 is 0 Å². The molecule has 0 bridgehead atoms. The van der Waals surface area contributed by atoms with Crippen molar-refractivity contribution in [2.45, 2.75) is 32.7 Å². The standard InChI is InChI=1S/C17H22N4O2/c1-12-5-6-15(23-12)13(2)20-17(22)14-4-3-9-21(11-14)16-10-18-7-8-19-16/h5-8,10,13-14H,3-4,9,11H2,1-2H3,(H,20,22). The number of furan rings is 1. The number of hydrogen-bond donors (Lipinski definition) is 1. The zero-order chi connectivity index (χ0) is 16.2. The van der Waals surface area contributed by atoms with Crippen molar-refractivity contribution in [2.24, 2.45) is 5.92 Å². The monoisotopic (exact) mass is 314 g/mol. The second kappa shape index (κ2) is 6.81. The molecule has 1 saturated heterocycles. The van der Waals surface area contributed by atoms with E-state index in [1.807, 2.05) is 26.0 Å². The zero-order valence-electron chi connectivity index (χ0n) is 13.5. The van der Waals surface area contributed by atoms with Gasteiger partial charge in [0.05, 0.1) is 18.2 Å². The summed E-state index contributed by atoms with van der Waals surface area (Å²) in [5.74, 6) is 2.51. The molecule has 1 aliphatic rings. The van der Waals surface area contributed by atoms with Crippen molar-refractivity contribution < 1.29 is 9.21 Å². The Morgan fingerprint density at radius 1 is 1.43 bits per heavy atom. The molecule has 3 heterocycles. The topological polar surface area (TPSA) is 71.3 Å². The van der Waals surface area contributed by atoms with Crippen molar-refractivity contribution in [1.82, 2.24) is 15.3 Å². The number of anilines is 1. The molecule has 2 atom stereocenters. The van der Waals surface area contributed by atoms with Gasteiger partial charge in [0.15, 0.2) is 0 Å². The van der Waals surface area contributed by atoms with Crippen LogP contribution in [0, 0.1) is 12.8 Å². The summed E-state index contributed by atoms with van der Waals surface area (Å²) in [6.45, 7) is 5.43. The third-order valence-corrected chi connectivity index (χ3v) is 4.21. The minimum atomic E-state index is -0.122. The Balaban J connectivity index is 1.61. The van der Waals surface area contributed by atoms with Crippen LogP contribution in [0.2, 0.25) is 0 Å². The number of carbonyl (C=O) groups is 1. The first-order valence-electron chi connectivity index (χ1n) is 8.01. The van der Waals surface area contributed by atoms with Gasteiger partial charge < -0.3 is 14.6 Å². The number of amides is 1. The van der Waals surface area contributed by atoms with E-state index in [9.17, 15) is 4.79 Å². The minimum Gasteiger partial charge on any atom is -0.464 e. The molecule has 3 rings (SSSR count). The molecule has 0 radical (unpaired) electrons. The van der Waals surface area contributed by atoms with E-state index in [1.54, 1.807) is 18.6 Å². The SMILES string of the molecule is Cc1ccc(C(C)NC(=O)C2CCCN(c3cnccn3)C2)o1. The molecule has 2 aromatic heterocycles. The van der Waals surface area contributed by atoms with Crippen molar-refractivity contribution >= 4 is 11.7 Å². The number of piperidine rings is 1. The maximum Gasteiger partial charge on any atom is 0.225 e. The first-order valence-corrected chi connectivity index (χ1v) is 8.01. The van der Waals surface area contributed by atoms with Crippen LogP contribution in [0.1, 0.15) is 37.3 Å². The Kier molecular flexibility index (Phi) is 4.60. The number of nitrogens with zero attached hydrogens (tertiary/aromatic N) is 3. The lowest BCUT2D eigenvalue weighted by Crippen LogP contribution is -2.44. The molecule has 1 fully saturated rings. The van der Waals surface area contributed by atoms with E-state index in [4.69, 9.17) is 4.42 Å². The highest BCUT2D eigenvalue weighted by Crippen LogP contribution is 2.22. The number of carbonyl (C=O) groups excluding carboxylic acids is 1. The highest BCUT2D eigenvalue weighted by molar-refractivity contribution is 5.79. The smallest absolute Gasteiger partial charge is 0.225 e. The van der Waals surface area contributed by atoms with E-state index >= 15 is 0 Å². The molecule has 0 aliphatic carbocycles. The van der Waals surface area contributed by atoms with Gasteiger partial charge in [-0.3, -0.25) is 9.78 Å². The number of aryl methyl sites for hydroxylation is 1. The fraction of sp³-hybridized carbons (Fsp3) is 0.471. The van der Waals surface area contributed by atoms with Gasteiger partial charge in [0.2, 0.25) is 5.91 Å². The van der Waals surface area contributed by atoms with Gasteiger partial charge in [0.25, 0.3) is 0 Å². The molecule has 0 saturated carbocycles. The highest BCUT2D eigenvalue weighted by Gasteiger charge is 2.27. The molecule has 1 N–H and O–H groups in total. The first kappa shape index (κ1) is 15.5. The molecule has 2 unspecified atom stereocenters. The van der Waals surface area contributed by atoms with Gasteiger partial charge in [-0.15, -0.1) is 0 Å². The van der Waals surface area contributed by atoms with Crippen LogP contribution in [0.3, 0.4) is 0 Å². The number of nitrogens with one attached hydrogen (secondary N) is 1. The van der Waals surface area contributed by atoms with Gasteiger partial charge in [0.1, 0.15) is 17.3 Å². The molecule has 1 aliphatic heterocycles. The summed E-state index contributed by atoms with van der Waals surface area (Å²) in [4.78, 5) is 23.1. The van der Waals surface area contributed by atoms with Crippen LogP contribution in [-0.2, 0) is 4.79 Å². The van der Waals surface area contributed by atoms with Crippen LogP contribution in [0.15, 0.2) is 35.1 Å². The summed E-state index contributed by atoms with van der Waals surface area (Å²) in [5, 5.41) is 3.06. The summed E-state index contributed by atoms with van der Waals surface area (Å²) < 4.78 is 5.58. The molecule has 23 heavy (non-hydrogen) atoms. The van der Waals surface area contributed by atoms with E-state index in [2.05, 4.69) is 20.2 Å². The molecule has 122 valence electrons. The lowest BCUT2D eigenvalue weighted by Gasteiger charge is -2.33. The average molecular weight is 314 g/mol. The maximum atomic E-state index is 12.6. The Hall–Kier alpha value is -2.37. The van der Waals surface area contributed by atoms with Crippen molar-refractivity contribution in [3.8, 4) is 0 Å². The summed E-state index contributed by atoms with van der Waals surface area (Å²) in [7, 11) is 0. The lowest BCUT2D eigenvalue weighted by atomic mass is 9.96. The van der Waals surface area contributed by atoms with Gasteiger partial charge in [-0.1, -0.05) is 0 Å². The van der Waals surface area contributed by atoms with Crippen molar-refractivity contribution in [1.29, 1.82) is 0 Å². The van der Waals surface area contributed by atoms with Gasteiger partial charge in [-0.25, -0.2) is 4.98 Å². The normalized spacial score (nSPS) is 19.4. The number of rotatable bonds is 4. The van der Waals surface area contributed by atoms with Gasteiger partial charge >= 0.3 is 0 Å². The summed E-state index contributed by atoms with van der Waals surface area (Å²) in [6.07, 6.45) is 6.95. The van der Waals surface area contributed by atoms with Gasteiger partial charge in [-0.2, -0.15) is 0 Å². The maximum absolute atomic E-state index is 12.6. The minimum absolute atomic E-state index is 0.0377. The Morgan fingerprint density at radius 2 is 2.30 bits per heavy atom. The van der Waals surface area contributed by atoms with E-state index in [0.717, 1.165) is 36.7 Å². The molecule has 2 aromatic rings. The third kappa shape index (κ3) is 3.70. The average Bonchev–Trinajstić information content (AvgIpc) is 3.02. The van der Waals surface area contributed by atoms with E-state index < -0.39 is 0 Å². The highest BCUT2D eigenvalue weighted by atomic mass is 16.3. The Labute approximate surface area is 135 Å². The van der Waals surface area contributed by atoms with Crippen LogP contribution in [0.5, 0.6) is 0 Å². The first-order chi connectivity index (χ1) is 11.1. The quantitative estimate of drug-likeness (QED) is 0.938. The lowest BCUT2D eigenvalue weighted by molar-refractivity contribution is -0.126. The summed E-state index contributed by atoms with van der Waals surface area (Å²) >= 11 is 0. The van der Waals surface area contributed by atoms with Crippen molar-refractivity contribution in [3.05, 3.63) is 42.2 Å². The molecule has 6 nitrogen and oxygen atoms in total. The second-order valence-electron chi connectivity index (χ2n) is 6.03.